The molecule has 3 rings (SSSR count). The van der Waals surface area contributed by atoms with Crippen molar-refractivity contribution in [1.29, 1.82) is 0 Å². The van der Waals surface area contributed by atoms with Gasteiger partial charge in [-0.1, -0.05) is 18.2 Å². The number of aromatic nitrogens is 2. The van der Waals surface area contributed by atoms with Crippen LogP contribution in [-0.2, 0) is 22.6 Å². The molecule has 0 bridgehead atoms. The van der Waals surface area contributed by atoms with Gasteiger partial charge >= 0.3 is 0 Å². The molecule has 32 heavy (non-hydrogen) atoms. The fourth-order valence-corrected chi connectivity index (χ4v) is 3.93. The van der Waals surface area contributed by atoms with E-state index in [2.05, 4.69) is 0 Å². The highest BCUT2D eigenvalue weighted by atomic mass is 19.1. The van der Waals surface area contributed by atoms with Gasteiger partial charge in [0, 0.05) is 59.6 Å². The third-order valence-corrected chi connectivity index (χ3v) is 5.86. The van der Waals surface area contributed by atoms with E-state index < -0.39 is 0 Å². The van der Waals surface area contributed by atoms with Gasteiger partial charge in [0.15, 0.2) is 0 Å². The standard InChI is InChI=1S/C24H32FN5O2/c1-17(31)30-13-7-9-19(15-30)24-26-20(14-22(27-24)28(2)3)16-29(4)23(32)12-11-18-8-5-6-10-21(18)25/h5-6,8,10,14,19H,7,9,11-13,15-16H2,1-4H3/t19-/m0/s1. The van der Waals surface area contributed by atoms with Crippen molar-refractivity contribution in [2.45, 2.75) is 45.1 Å². The molecule has 1 fully saturated rings. The van der Waals surface area contributed by atoms with Gasteiger partial charge in [-0.3, -0.25) is 9.59 Å². The highest BCUT2D eigenvalue weighted by Crippen LogP contribution is 2.26. The molecule has 2 heterocycles. The van der Waals surface area contributed by atoms with Crippen LogP contribution in [0.1, 0.15) is 49.2 Å². The van der Waals surface area contributed by atoms with Gasteiger partial charge in [0.05, 0.1) is 12.2 Å². The van der Waals surface area contributed by atoms with E-state index in [1.807, 2.05) is 30.0 Å². The second-order valence-electron chi connectivity index (χ2n) is 8.62. The Kier molecular flexibility index (Phi) is 7.77. The van der Waals surface area contributed by atoms with E-state index >= 15 is 0 Å². The van der Waals surface area contributed by atoms with Crippen molar-refractivity contribution in [2.75, 3.05) is 39.1 Å². The zero-order valence-corrected chi connectivity index (χ0v) is 19.3. The number of likely N-dealkylation sites (tertiary alicyclic amines) is 1. The maximum atomic E-state index is 13.8. The van der Waals surface area contributed by atoms with Crippen LogP contribution in [0.15, 0.2) is 30.3 Å². The van der Waals surface area contributed by atoms with Crippen LogP contribution >= 0.6 is 0 Å². The lowest BCUT2D eigenvalue weighted by Gasteiger charge is -2.31. The molecule has 1 saturated heterocycles. The first-order valence-electron chi connectivity index (χ1n) is 11.0. The van der Waals surface area contributed by atoms with Crippen LogP contribution in [0.5, 0.6) is 0 Å². The Morgan fingerprint density at radius 1 is 1.19 bits per heavy atom. The molecule has 0 aliphatic carbocycles. The van der Waals surface area contributed by atoms with E-state index in [0.717, 1.165) is 30.9 Å². The number of aryl methyl sites for hydroxylation is 1. The van der Waals surface area contributed by atoms with Gasteiger partial charge in [0.25, 0.3) is 0 Å². The molecule has 1 aliphatic rings. The Labute approximate surface area is 189 Å². The molecule has 2 aromatic rings. The van der Waals surface area contributed by atoms with E-state index in [-0.39, 0.29) is 30.0 Å². The van der Waals surface area contributed by atoms with E-state index in [1.54, 1.807) is 37.1 Å². The van der Waals surface area contributed by atoms with Gasteiger partial charge in [-0.25, -0.2) is 14.4 Å². The van der Waals surface area contributed by atoms with Crippen LogP contribution in [0.2, 0.25) is 0 Å². The summed E-state index contributed by atoms with van der Waals surface area (Å²) in [6.07, 6.45) is 2.43. The monoisotopic (exact) mass is 441 g/mol. The molecule has 1 aromatic heterocycles. The number of rotatable bonds is 7. The Bertz CT molecular complexity index is 965. The van der Waals surface area contributed by atoms with Crippen molar-refractivity contribution in [3.63, 3.8) is 0 Å². The molecule has 0 saturated carbocycles. The highest BCUT2D eigenvalue weighted by molar-refractivity contribution is 5.76. The van der Waals surface area contributed by atoms with Gasteiger partial charge in [0.2, 0.25) is 11.8 Å². The summed E-state index contributed by atoms with van der Waals surface area (Å²) in [6, 6.07) is 8.42. The number of benzene rings is 1. The van der Waals surface area contributed by atoms with Crippen molar-refractivity contribution >= 4 is 17.6 Å². The average Bonchev–Trinajstić information content (AvgIpc) is 2.78. The van der Waals surface area contributed by atoms with Crippen molar-refractivity contribution in [3.05, 3.63) is 53.2 Å². The Morgan fingerprint density at radius 3 is 2.62 bits per heavy atom. The summed E-state index contributed by atoms with van der Waals surface area (Å²) in [5.74, 6) is 1.28. The summed E-state index contributed by atoms with van der Waals surface area (Å²) in [5.41, 5.74) is 1.29. The lowest BCUT2D eigenvalue weighted by atomic mass is 9.97. The molecule has 0 radical (unpaired) electrons. The number of amides is 2. The van der Waals surface area contributed by atoms with E-state index in [4.69, 9.17) is 9.97 Å². The SMILES string of the molecule is CC(=O)N1CCC[C@H](c2nc(CN(C)C(=O)CCc3ccccc3F)cc(N(C)C)n2)C1. The van der Waals surface area contributed by atoms with Crippen LogP contribution in [0.3, 0.4) is 0 Å². The van der Waals surface area contributed by atoms with Gasteiger partial charge in [0.1, 0.15) is 17.5 Å². The first-order chi connectivity index (χ1) is 15.2. The lowest BCUT2D eigenvalue weighted by molar-refractivity contribution is -0.131. The molecule has 1 aliphatic heterocycles. The van der Waals surface area contributed by atoms with E-state index in [0.29, 0.717) is 30.9 Å². The number of piperidine rings is 1. The molecule has 172 valence electrons. The van der Waals surface area contributed by atoms with Gasteiger partial charge in [-0.05, 0) is 30.9 Å². The predicted octanol–water partition coefficient (Wildman–Crippen LogP) is 3.00. The number of carbonyl (C=O) groups excluding carboxylic acids is 2. The predicted molar refractivity (Wildman–Crippen MR) is 122 cm³/mol. The topological polar surface area (TPSA) is 69.6 Å². The van der Waals surface area contributed by atoms with Crippen molar-refractivity contribution in [1.82, 2.24) is 19.8 Å². The first kappa shape index (κ1) is 23.6. The number of hydrogen-bond donors (Lipinski definition) is 0. The summed E-state index contributed by atoms with van der Waals surface area (Å²) in [7, 11) is 5.57. The molecule has 1 atom stereocenters. The summed E-state index contributed by atoms with van der Waals surface area (Å²) < 4.78 is 13.8. The van der Waals surface area contributed by atoms with Crippen LogP contribution < -0.4 is 4.90 Å². The molecule has 8 heteroatoms. The third-order valence-electron chi connectivity index (χ3n) is 5.86. The number of hydrogen-bond acceptors (Lipinski definition) is 5. The number of nitrogens with zero attached hydrogens (tertiary/aromatic N) is 5. The minimum Gasteiger partial charge on any atom is -0.363 e. The molecular weight excluding hydrogens is 409 g/mol. The minimum absolute atomic E-state index is 0.0684. The highest BCUT2D eigenvalue weighted by Gasteiger charge is 2.26. The smallest absolute Gasteiger partial charge is 0.222 e. The Hall–Kier alpha value is -3.03. The summed E-state index contributed by atoms with van der Waals surface area (Å²) in [4.78, 5) is 39.4. The quantitative estimate of drug-likeness (QED) is 0.661. The molecule has 0 unspecified atom stereocenters. The van der Waals surface area contributed by atoms with Crippen LogP contribution in [0.25, 0.3) is 0 Å². The molecule has 0 N–H and O–H groups in total. The summed E-state index contributed by atoms with van der Waals surface area (Å²) in [6.45, 7) is 3.32. The molecular formula is C24H32FN5O2. The molecule has 1 aromatic carbocycles. The lowest BCUT2D eigenvalue weighted by Crippen LogP contribution is -2.38. The minimum atomic E-state index is -0.286. The number of halogens is 1. The van der Waals surface area contributed by atoms with E-state index in [9.17, 15) is 14.0 Å². The largest absolute Gasteiger partial charge is 0.363 e. The van der Waals surface area contributed by atoms with Crippen molar-refractivity contribution in [2.24, 2.45) is 0 Å². The van der Waals surface area contributed by atoms with Crippen LogP contribution in [0, 0.1) is 5.82 Å². The molecule has 0 spiro atoms. The third kappa shape index (κ3) is 6.02. The average molecular weight is 442 g/mol. The van der Waals surface area contributed by atoms with Crippen LogP contribution in [0.4, 0.5) is 10.2 Å². The summed E-state index contributed by atoms with van der Waals surface area (Å²) in [5, 5.41) is 0. The van der Waals surface area contributed by atoms with Crippen molar-refractivity contribution in [3.8, 4) is 0 Å². The normalized spacial score (nSPS) is 16.0. The first-order valence-corrected chi connectivity index (χ1v) is 11.0. The maximum Gasteiger partial charge on any atom is 0.222 e. The van der Waals surface area contributed by atoms with Gasteiger partial charge < -0.3 is 14.7 Å². The maximum absolute atomic E-state index is 13.8. The Morgan fingerprint density at radius 2 is 1.94 bits per heavy atom. The molecule has 2 amide bonds. The fraction of sp³-hybridized carbons (Fsp3) is 0.500. The zero-order chi connectivity index (χ0) is 23.3. The van der Waals surface area contributed by atoms with Gasteiger partial charge in [-0.15, -0.1) is 0 Å². The zero-order valence-electron chi connectivity index (χ0n) is 19.3. The Balaban J connectivity index is 1.71. The summed E-state index contributed by atoms with van der Waals surface area (Å²) >= 11 is 0. The van der Waals surface area contributed by atoms with Crippen molar-refractivity contribution < 1.29 is 14.0 Å². The number of anilines is 1. The fourth-order valence-electron chi connectivity index (χ4n) is 3.93. The number of carbonyl (C=O) groups is 2. The second-order valence-corrected chi connectivity index (χ2v) is 8.62. The van der Waals surface area contributed by atoms with Gasteiger partial charge in [-0.2, -0.15) is 0 Å². The second kappa shape index (κ2) is 10.5. The van der Waals surface area contributed by atoms with E-state index in [1.165, 1.54) is 6.07 Å². The van der Waals surface area contributed by atoms with Crippen LogP contribution in [-0.4, -0.2) is 65.8 Å². The molecule has 7 nitrogen and oxygen atoms in total.